The van der Waals surface area contributed by atoms with Gasteiger partial charge < -0.3 is 0 Å². The summed E-state index contributed by atoms with van der Waals surface area (Å²) in [5.41, 5.74) is 0.536. The molecule has 1 rings (SSSR count). The normalized spacial score (nSPS) is 10.3. The van der Waals surface area contributed by atoms with Crippen molar-refractivity contribution in [1.82, 2.24) is 0 Å². The van der Waals surface area contributed by atoms with E-state index in [1.165, 1.54) is 25.7 Å². The summed E-state index contributed by atoms with van der Waals surface area (Å²) in [5.74, 6) is -0.225. The van der Waals surface area contributed by atoms with Crippen LogP contribution in [-0.4, -0.2) is 11.1 Å². The maximum absolute atomic E-state index is 11.7. The van der Waals surface area contributed by atoms with Crippen LogP contribution in [0.5, 0.6) is 0 Å². The predicted octanol–water partition coefficient (Wildman–Crippen LogP) is 4.16. The molecule has 0 bridgehead atoms. The van der Waals surface area contributed by atoms with Gasteiger partial charge in [0.1, 0.15) is 0 Å². The van der Waals surface area contributed by atoms with E-state index in [1.54, 1.807) is 24.3 Å². The molecule has 0 saturated carbocycles. The van der Waals surface area contributed by atoms with Crippen molar-refractivity contribution in [2.24, 2.45) is 0 Å². The molecule has 1 amide bonds. The molecule has 3 heteroatoms. The van der Waals surface area contributed by atoms with Gasteiger partial charge in [-0.15, -0.1) is 0 Å². The first kappa shape index (κ1) is 14.7. The van der Waals surface area contributed by atoms with Gasteiger partial charge in [-0.25, -0.2) is 0 Å². The molecule has 0 aliphatic carbocycles. The second kappa shape index (κ2) is 8.70. The Kier molecular flexibility index (Phi) is 7.11. The molecular formula is C15H23NO2. The number of hydrogen-bond donors (Lipinski definition) is 1. The minimum Gasteiger partial charge on any atom is -0.281 e. The number of amides is 1. The molecule has 18 heavy (non-hydrogen) atoms. The van der Waals surface area contributed by atoms with E-state index in [0.717, 1.165) is 17.9 Å². The quantitative estimate of drug-likeness (QED) is 0.427. The molecule has 0 saturated heterocycles. The van der Waals surface area contributed by atoms with Crippen molar-refractivity contribution < 1.29 is 10.0 Å². The zero-order chi connectivity index (χ0) is 13.2. The molecule has 0 spiro atoms. The summed E-state index contributed by atoms with van der Waals surface area (Å²) >= 11 is 0. The number of para-hydroxylation sites is 1. The maximum Gasteiger partial charge on any atom is 0.250 e. The van der Waals surface area contributed by atoms with Crippen LogP contribution >= 0.6 is 0 Å². The number of rotatable bonds is 8. The summed E-state index contributed by atoms with van der Waals surface area (Å²) in [6, 6.07) is 8.90. The number of benzene rings is 1. The highest BCUT2D eigenvalue weighted by Gasteiger charge is 2.11. The average Bonchev–Trinajstić information content (AvgIpc) is 2.42. The van der Waals surface area contributed by atoms with Crippen LogP contribution in [0.25, 0.3) is 0 Å². The fourth-order valence-corrected chi connectivity index (χ4v) is 1.88. The Morgan fingerprint density at radius 1 is 1.06 bits per heavy atom. The molecule has 0 aliphatic rings. The van der Waals surface area contributed by atoms with Gasteiger partial charge in [-0.2, -0.15) is 5.06 Å². The van der Waals surface area contributed by atoms with Crippen LogP contribution in [0, 0.1) is 0 Å². The standard InChI is InChI=1S/C15H23NO2/c1-2-3-4-5-6-10-13-15(17)16(18)14-11-8-7-9-12-14/h7-9,11-12,18H,2-6,10,13H2,1H3. The minimum atomic E-state index is -0.225. The fourth-order valence-electron chi connectivity index (χ4n) is 1.88. The zero-order valence-corrected chi connectivity index (χ0v) is 11.1. The lowest BCUT2D eigenvalue weighted by Crippen LogP contribution is -2.26. The van der Waals surface area contributed by atoms with E-state index in [-0.39, 0.29) is 5.91 Å². The highest BCUT2D eigenvalue weighted by atomic mass is 16.5. The summed E-state index contributed by atoms with van der Waals surface area (Å²) < 4.78 is 0. The molecule has 0 atom stereocenters. The third-order valence-electron chi connectivity index (χ3n) is 2.98. The highest BCUT2D eigenvalue weighted by molar-refractivity contribution is 5.90. The van der Waals surface area contributed by atoms with Crippen LogP contribution in [0.15, 0.2) is 30.3 Å². The van der Waals surface area contributed by atoms with Crippen LogP contribution in [0.3, 0.4) is 0 Å². The first-order valence-electron chi connectivity index (χ1n) is 6.82. The van der Waals surface area contributed by atoms with Crippen LogP contribution in [-0.2, 0) is 4.79 Å². The predicted molar refractivity (Wildman–Crippen MR) is 73.7 cm³/mol. The highest BCUT2D eigenvalue weighted by Crippen LogP contribution is 2.14. The van der Waals surface area contributed by atoms with Crippen LogP contribution in [0.2, 0.25) is 0 Å². The fraction of sp³-hybridized carbons (Fsp3) is 0.533. The van der Waals surface area contributed by atoms with Crippen molar-refractivity contribution in [3.63, 3.8) is 0 Å². The second-order valence-corrected chi connectivity index (χ2v) is 4.56. The zero-order valence-electron chi connectivity index (χ0n) is 11.1. The molecular weight excluding hydrogens is 226 g/mol. The van der Waals surface area contributed by atoms with Gasteiger partial charge in [0, 0.05) is 6.42 Å². The van der Waals surface area contributed by atoms with Crippen molar-refractivity contribution in [1.29, 1.82) is 0 Å². The lowest BCUT2D eigenvalue weighted by Gasteiger charge is -2.14. The van der Waals surface area contributed by atoms with Gasteiger partial charge in [-0.3, -0.25) is 10.0 Å². The van der Waals surface area contributed by atoms with Gasteiger partial charge in [0.2, 0.25) is 0 Å². The van der Waals surface area contributed by atoms with Crippen molar-refractivity contribution in [2.75, 3.05) is 5.06 Å². The number of nitrogens with zero attached hydrogens (tertiary/aromatic N) is 1. The van der Waals surface area contributed by atoms with Gasteiger partial charge >= 0.3 is 0 Å². The summed E-state index contributed by atoms with van der Waals surface area (Å²) in [5, 5.41) is 10.5. The van der Waals surface area contributed by atoms with Crippen molar-refractivity contribution in [2.45, 2.75) is 51.9 Å². The Bertz CT molecular complexity index is 338. The molecule has 3 nitrogen and oxygen atoms in total. The van der Waals surface area contributed by atoms with Crippen LogP contribution in [0.1, 0.15) is 51.9 Å². The lowest BCUT2D eigenvalue weighted by molar-refractivity contribution is -0.123. The first-order chi connectivity index (χ1) is 8.75. The Morgan fingerprint density at radius 2 is 1.67 bits per heavy atom. The molecule has 0 unspecified atom stereocenters. The molecule has 0 aromatic heterocycles. The lowest BCUT2D eigenvalue weighted by atomic mass is 10.1. The molecule has 0 radical (unpaired) electrons. The van der Waals surface area contributed by atoms with Crippen molar-refractivity contribution >= 4 is 11.6 Å². The molecule has 0 aliphatic heterocycles. The second-order valence-electron chi connectivity index (χ2n) is 4.56. The van der Waals surface area contributed by atoms with E-state index in [2.05, 4.69) is 6.92 Å². The van der Waals surface area contributed by atoms with Crippen molar-refractivity contribution in [3.8, 4) is 0 Å². The third-order valence-corrected chi connectivity index (χ3v) is 2.98. The summed E-state index contributed by atoms with van der Waals surface area (Å²) in [4.78, 5) is 11.7. The SMILES string of the molecule is CCCCCCCCC(=O)N(O)c1ccccc1. The Labute approximate surface area is 109 Å². The largest absolute Gasteiger partial charge is 0.281 e. The number of anilines is 1. The van der Waals surface area contributed by atoms with E-state index in [9.17, 15) is 10.0 Å². The summed E-state index contributed by atoms with van der Waals surface area (Å²) in [6.07, 6.45) is 7.25. The molecule has 1 aromatic rings. The summed E-state index contributed by atoms with van der Waals surface area (Å²) in [7, 11) is 0. The van der Waals surface area contributed by atoms with Gasteiger partial charge in [0.15, 0.2) is 0 Å². The average molecular weight is 249 g/mol. The van der Waals surface area contributed by atoms with E-state index < -0.39 is 0 Å². The first-order valence-corrected chi connectivity index (χ1v) is 6.82. The van der Waals surface area contributed by atoms with E-state index in [1.807, 2.05) is 6.07 Å². The van der Waals surface area contributed by atoms with Gasteiger partial charge in [0.05, 0.1) is 5.69 Å². The van der Waals surface area contributed by atoms with E-state index in [4.69, 9.17) is 0 Å². The number of hydroxylamine groups is 1. The molecule has 100 valence electrons. The molecule has 0 fully saturated rings. The van der Waals surface area contributed by atoms with Gasteiger partial charge in [-0.05, 0) is 18.6 Å². The molecule has 1 N–H and O–H groups in total. The number of hydrogen-bond acceptors (Lipinski definition) is 2. The van der Waals surface area contributed by atoms with Crippen molar-refractivity contribution in [3.05, 3.63) is 30.3 Å². The number of carbonyl (C=O) groups excluding carboxylic acids is 1. The Hall–Kier alpha value is -1.35. The van der Waals surface area contributed by atoms with Gasteiger partial charge in [0.25, 0.3) is 5.91 Å². The Morgan fingerprint density at radius 3 is 2.33 bits per heavy atom. The Balaban J connectivity index is 2.20. The van der Waals surface area contributed by atoms with Gasteiger partial charge in [-0.1, -0.05) is 57.2 Å². The molecule has 1 aromatic carbocycles. The minimum absolute atomic E-state index is 0.225. The molecule has 0 heterocycles. The van der Waals surface area contributed by atoms with Crippen LogP contribution < -0.4 is 5.06 Å². The number of carbonyl (C=O) groups is 1. The summed E-state index contributed by atoms with van der Waals surface area (Å²) in [6.45, 7) is 2.19. The smallest absolute Gasteiger partial charge is 0.250 e. The maximum atomic E-state index is 11.7. The monoisotopic (exact) mass is 249 g/mol. The third kappa shape index (κ3) is 5.32. The number of unbranched alkanes of at least 4 members (excludes halogenated alkanes) is 5. The van der Waals surface area contributed by atoms with Crippen LogP contribution in [0.4, 0.5) is 5.69 Å². The van der Waals surface area contributed by atoms with E-state index >= 15 is 0 Å². The topological polar surface area (TPSA) is 40.5 Å². The van der Waals surface area contributed by atoms with E-state index in [0.29, 0.717) is 12.1 Å².